The van der Waals surface area contributed by atoms with Crippen LogP contribution in [0.2, 0.25) is 0 Å². The summed E-state index contributed by atoms with van der Waals surface area (Å²) in [5.41, 5.74) is 1.21. The summed E-state index contributed by atoms with van der Waals surface area (Å²) >= 11 is 0. The zero-order valence-electron chi connectivity index (χ0n) is 10.4. The molecule has 0 unspecified atom stereocenters. The average Bonchev–Trinajstić information content (AvgIpc) is 2.36. The highest BCUT2D eigenvalue weighted by atomic mass is 16.5. The third-order valence-electron chi connectivity index (χ3n) is 2.32. The number of esters is 1. The Morgan fingerprint density at radius 1 is 1.29 bits per heavy atom. The van der Waals surface area contributed by atoms with Crippen LogP contribution in [0.15, 0.2) is 24.3 Å². The lowest BCUT2D eigenvalue weighted by molar-refractivity contribution is -0.139. The maximum atomic E-state index is 10.8. The standard InChI is InChI=1S/C13H19NO3/c1-3-17-12-6-4-11(5-7-12)8-9-14-10-13(15)16-2/h4-7,14H,3,8-10H2,1-2H3. The summed E-state index contributed by atoms with van der Waals surface area (Å²) in [5, 5.41) is 3.02. The maximum Gasteiger partial charge on any atom is 0.319 e. The van der Waals surface area contributed by atoms with E-state index in [4.69, 9.17) is 4.74 Å². The molecular formula is C13H19NO3. The normalized spacial score (nSPS) is 10.0. The Balaban J connectivity index is 2.25. The van der Waals surface area contributed by atoms with Crippen LogP contribution in [0, 0.1) is 0 Å². The minimum absolute atomic E-state index is 0.239. The summed E-state index contributed by atoms with van der Waals surface area (Å²) in [6, 6.07) is 7.98. The van der Waals surface area contributed by atoms with Crippen molar-refractivity contribution in [3.8, 4) is 5.75 Å². The predicted molar refractivity (Wildman–Crippen MR) is 66.2 cm³/mol. The van der Waals surface area contributed by atoms with Crippen LogP contribution < -0.4 is 10.1 Å². The molecular weight excluding hydrogens is 218 g/mol. The quantitative estimate of drug-likeness (QED) is 0.575. The van der Waals surface area contributed by atoms with Gasteiger partial charge in [-0.25, -0.2) is 0 Å². The third kappa shape index (κ3) is 5.36. The molecule has 0 fully saturated rings. The average molecular weight is 237 g/mol. The van der Waals surface area contributed by atoms with Gasteiger partial charge < -0.3 is 14.8 Å². The first-order chi connectivity index (χ1) is 8.26. The molecule has 4 nitrogen and oxygen atoms in total. The Morgan fingerprint density at radius 3 is 2.59 bits per heavy atom. The summed E-state index contributed by atoms with van der Waals surface area (Å²) < 4.78 is 9.88. The number of hydrogen-bond acceptors (Lipinski definition) is 4. The molecule has 1 rings (SSSR count). The van der Waals surface area contributed by atoms with E-state index >= 15 is 0 Å². The number of methoxy groups -OCH3 is 1. The second kappa shape index (κ2) is 7.68. The Morgan fingerprint density at radius 2 is 2.00 bits per heavy atom. The molecule has 0 spiro atoms. The number of carbonyl (C=O) groups excluding carboxylic acids is 1. The molecule has 0 atom stereocenters. The van der Waals surface area contributed by atoms with Crippen LogP contribution in [0.1, 0.15) is 12.5 Å². The molecule has 1 N–H and O–H groups in total. The van der Waals surface area contributed by atoms with Crippen LogP contribution in [-0.4, -0.2) is 32.8 Å². The van der Waals surface area contributed by atoms with Crippen molar-refractivity contribution < 1.29 is 14.3 Å². The Bertz CT molecular complexity index is 335. The summed E-state index contributed by atoms with van der Waals surface area (Å²) in [6.07, 6.45) is 0.878. The van der Waals surface area contributed by atoms with Crippen LogP contribution >= 0.6 is 0 Å². The molecule has 0 aliphatic carbocycles. The van der Waals surface area contributed by atoms with Gasteiger partial charge in [-0.2, -0.15) is 0 Å². The number of carbonyl (C=O) groups is 1. The lowest BCUT2D eigenvalue weighted by Crippen LogP contribution is -2.25. The second-order valence-corrected chi connectivity index (χ2v) is 3.58. The van der Waals surface area contributed by atoms with E-state index in [1.54, 1.807) is 0 Å². The van der Waals surface area contributed by atoms with E-state index in [1.807, 2.05) is 31.2 Å². The highest BCUT2D eigenvalue weighted by Gasteiger charge is 1.99. The first kappa shape index (κ1) is 13.5. The molecule has 1 aromatic rings. The second-order valence-electron chi connectivity index (χ2n) is 3.58. The molecule has 0 bridgehead atoms. The molecule has 0 aliphatic heterocycles. The van der Waals surface area contributed by atoms with Crippen molar-refractivity contribution in [3.63, 3.8) is 0 Å². The van der Waals surface area contributed by atoms with Gasteiger partial charge in [0.1, 0.15) is 5.75 Å². The lowest BCUT2D eigenvalue weighted by Gasteiger charge is -2.06. The number of rotatable bonds is 7. The molecule has 0 heterocycles. The smallest absolute Gasteiger partial charge is 0.319 e. The summed E-state index contributed by atoms with van der Waals surface area (Å²) in [6.45, 7) is 3.65. The fraction of sp³-hybridized carbons (Fsp3) is 0.462. The molecule has 1 aromatic carbocycles. The summed E-state index contributed by atoms with van der Waals surface area (Å²) in [7, 11) is 1.39. The van der Waals surface area contributed by atoms with Gasteiger partial charge in [-0.15, -0.1) is 0 Å². The minimum atomic E-state index is -0.239. The van der Waals surface area contributed by atoms with Gasteiger partial charge in [-0.3, -0.25) is 4.79 Å². The zero-order valence-corrected chi connectivity index (χ0v) is 10.4. The highest BCUT2D eigenvalue weighted by Crippen LogP contribution is 2.12. The highest BCUT2D eigenvalue weighted by molar-refractivity contribution is 5.71. The molecule has 0 aromatic heterocycles. The van der Waals surface area contributed by atoms with Gasteiger partial charge in [0, 0.05) is 0 Å². The Kier molecular flexibility index (Phi) is 6.10. The third-order valence-corrected chi connectivity index (χ3v) is 2.32. The van der Waals surface area contributed by atoms with Crippen LogP contribution in [0.4, 0.5) is 0 Å². The van der Waals surface area contributed by atoms with Gasteiger partial charge in [0.25, 0.3) is 0 Å². The van der Waals surface area contributed by atoms with Crippen molar-refractivity contribution in [2.45, 2.75) is 13.3 Å². The van der Waals surface area contributed by atoms with Gasteiger partial charge in [0.2, 0.25) is 0 Å². The van der Waals surface area contributed by atoms with Crippen LogP contribution in [0.3, 0.4) is 0 Å². The SMILES string of the molecule is CCOc1ccc(CCNCC(=O)OC)cc1. The van der Waals surface area contributed by atoms with Gasteiger partial charge in [-0.05, 0) is 37.6 Å². The number of nitrogens with one attached hydrogen (secondary N) is 1. The van der Waals surface area contributed by atoms with Crippen molar-refractivity contribution in [2.24, 2.45) is 0 Å². The van der Waals surface area contributed by atoms with E-state index in [0.29, 0.717) is 6.61 Å². The Labute approximate surface area is 102 Å². The van der Waals surface area contributed by atoms with Gasteiger partial charge >= 0.3 is 5.97 Å². The monoisotopic (exact) mass is 237 g/mol. The zero-order chi connectivity index (χ0) is 12.5. The largest absolute Gasteiger partial charge is 0.494 e. The molecule has 0 amide bonds. The summed E-state index contributed by atoms with van der Waals surface area (Å²) in [4.78, 5) is 10.8. The van der Waals surface area contributed by atoms with Crippen LogP contribution in [-0.2, 0) is 16.0 Å². The maximum absolute atomic E-state index is 10.8. The van der Waals surface area contributed by atoms with Crippen molar-refractivity contribution >= 4 is 5.97 Å². The van der Waals surface area contributed by atoms with E-state index in [2.05, 4.69) is 10.1 Å². The number of ether oxygens (including phenoxy) is 2. The van der Waals surface area contributed by atoms with E-state index < -0.39 is 0 Å². The van der Waals surface area contributed by atoms with E-state index in [0.717, 1.165) is 18.7 Å². The Hall–Kier alpha value is -1.55. The molecule has 0 saturated heterocycles. The summed E-state index contributed by atoms with van der Waals surface area (Å²) in [5.74, 6) is 0.649. The molecule has 0 saturated carbocycles. The van der Waals surface area contributed by atoms with Gasteiger partial charge in [-0.1, -0.05) is 12.1 Å². The molecule has 4 heteroatoms. The first-order valence-electron chi connectivity index (χ1n) is 5.75. The van der Waals surface area contributed by atoms with Crippen LogP contribution in [0.5, 0.6) is 5.75 Å². The van der Waals surface area contributed by atoms with Crippen molar-refractivity contribution in [1.82, 2.24) is 5.32 Å². The predicted octanol–water partition coefficient (Wildman–Crippen LogP) is 1.39. The molecule has 94 valence electrons. The lowest BCUT2D eigenvalue weighted by atomic mass is 10.1. The van der Waals surface area contributed by atoms with E-state index in [1.165, 1.54) is 12.7 Å². The van der Waals surface area contributed by atoms with E-state index in [-0.39, 0.29) is 12.5 Å². The minimum Gasteiger partial charge on any atom is -0.494 e. The fourth-order valence-electron chi connectivity index (χ4n) is 1.41. The first-order valence-corrected chi connectivity index (χ1v) is 5.75. The van der Waals surface area contributed by atoms with Crippen LogP contribution in [0.25, 0.3) is 0 Å². The number of benzene rings is 1. The molecule has 0 radical (unpaired) electrons. The number of hydrogen-bond donors (Lipinski definition) is 1. The fourth-order valence-corrected chi connectivity index (χ4v) is 1.41. The van der Waals surface area contributed by atoms with E-state index in [9.17, 15) is 4.79 Å². The van der Waals surface area contributed by atoms with Gasteiger partial charge in [0.15, 0.2) is 0 Å². The van der Waals surface area contributed by atoms with Crippen molar-refractivity contribution in [2.75, 3.05) is 26.8 Å². The van der Waals surface area contributed by atoms with Crippen molar-refractivity contribution in [3.05, 3.63) is 29.8 Å². The van der Waals surface area contributed by atoms with Crippen molar-refractivity contribution in [1.29, 1.82) is 0 Å². The van der Waals surface area contributed by atoms with Gasteiger partial charge in [0.05, 0.1) is 20.3 Å². The molecule has 17 heavy (non-hydrogen) atoms. The molecule has 0 aliphatic rings. The topological polar surface area (TPSA) is 47.6 Å².